The maximum Gasteiger partial charge on any atom is 0.230 e. The van der Waals surface area contributed by atoms with Gasteiger partial charge >= 0.3 is 0 Å². The zero-order valence-electron chi connectivity index (χ0n) is 11.9. The number of aryl methyl sites for hydroxylation is 1. The van der Waals surface area contributed by atoms with Crippen LogP contribution in [0.2, 0.25) is 0 Å². The zero-order valence-corrected chi connectivity index (χ0v) is 13.4. The van der Waals surface area contributed by atoms with Gasteiger partial charge in [-0.2, -0.15) is 0 Å². The van der Waals surface area contributed by atoms with Crippen molar-refractivity contribution in [1.29, 1.82) is 0 Å². The molecule has 0 atom stereocenters. The van der Waals surface area contributed by atoms with E-state index < -0.39 is 0 Å². The van der Waals surface area contributed by atoms with Crippen LogP contribution < -0.4 is 10.6 Å². The highest BCUT2D eigenvalue weighted by Crippen LogP contribution is 2.34. The van der Waals surface area contributed by atoms with Crippen LogP contribution in [0.5, 0.6) is 0 Å². The van der Waals surface area contributed by atoms with Crippen LogP contribution in [0.1, 0.15) is 31.7 Å². The SMILES string of the molecule is CCC1(C(=O)Nc2cc(F)c(Br)cc2C)CCNCC1. The molecule has 5 heteroatoms. The summed E-state index contributed by atoms with van der Waals surface area (Å²) in [6, 6.07) is 3.06. The number of carbonyl (C=O) groups is 1. The first-order valence-corrected chi connectivity index (χ1v) is 7.75. The van der Waals surface area contributed by atoms with Crippen molar-refractivity contribution in [1.82, 2.24) is 5.32 Å². The van der Waals surface area contributed by atoms with Crippen molar-refractivity contribution in [3.8, 4) is 0 Å². The molecule has 1 aliphatic rings. The van der Waals surface area contributed by atoms with E-state index >= 15 is 0 Å². The lowest BCUT2D eigenvalue weighted by Gasteiger charge is -2.35. The molecule has 0 aliphatic carbocycles. The van der Waals surface area contributed by atoms with E-state index in [1.54, 1.807) is 6.07 Å². The molecule has 2 rings (SSSR count). The Morgan fingerprint density at radius 1 is 1.45 bits per heavy atom. The first-order valence-electron chi connectivity index (χ1n) is 6.96. The number of halogens is 2. The molecule has 1 saturated heterocycles. The maximum atomic E-state index is 13.6. The molecule has 2 N–H and O–H groups in total. The van der Waals surface area contributed by atoms with E-state index in [2.05, 4.69) is 26.6 Å². The van der Waals surface area contributed by atoms with Gasteiger partial charge in [-0.15, -0.1) is 0 Å². The monoisotopic (exact) mass is 342 g/mol. The average Bonchev–Trinajstić information content (AvgIpc) is 2.45. The molecule has 0 bridgehead atoms. The van der Waals surface area contributed by atoms with E-state index in [-0.39, 0.29) is 17.1 Å². The fraction of sp³-hybridized carbons (Fsp3) is 0.533. The Balaban J connectivity index is 2.20. The van der Waals surface area contributed by atoms with Crippen LogP contribution in [-0.2, 0) is 4.79 Å². The second-order valence-electron chi connectivity index (χ2n) is 5.42. The lowest BCUT2D eigenvalue weighted by molar-refractivity contribution is -0.127. The maximum absolute atomic E-state index is 13.6. The van der Waals surface area contributed by atoms with Crippen molar-refractivity contribution in [2.45, 2.75) is 33.1 Å². The molecular weight excluding hydrogens is 323 g/mol. The summed E-state index contributed by atoms with van der Waals surface area (Å²) in [7, 11) is 0. The fourth-order valence-electron chi connectivity index (χ4n) is 2.68. The zero-order chi connectivity index (χ0) is 14.8. The summed E-state index contributed by atoms with van der Waals surface area (Å²) in [4.78, 5) is 12.6. The minimum Gasteiger partial charge on any atom is -0.325 e. The second kappa shape index (κ2) is 6.22. The van der Waals surface area contributed by atoms with E-state index in [0.717, 1.165) is 37.9 Å². The van der Waals surface area contributed by atoms with Crippen molar-refractivity contribution < 1.29 is 9.18 Å². The molecule has 20 heavy (non-hydrogen) atoms. The number of hydrogen-bond donors (Lipinski definition) is 2. The standard InChI is InChI=1S/C15H20BrFN2O/c1-3-15(4-6-18-7-5-15)14(20)19-13-9-12(17)11(16)8-10(13)2/h8-9,18H,3-7H2,1-2H3,(H,19,20). The normalized spacial score (nSPS) is 17.8. The van der Waals surface area contributed by atoms with Gasteiger partial charge in [0.2, 0.25) is 5.91 Å². The molecule has 0 radical (unpaired) electrons. The van der Waals surface area contributed by atoms with Crippen molar-refractivity contribution in [3.63, 3.8) is 0 Å². The van der Waals surface area contributed by atoms with E-state index in [4.69, 9.17) is 0 Å². The summed E-state index contributed by atoms with van der Waals surface area (Å²) in [5.41, 5.74) is 1.08. The van der Waals surface area contributed by atoms with Gasteiger partial charge in [0.25, 0.3) is 0 Å². The molecule has 1 amide bonds. The molecule has 1 fully saturated rings. The van der Waals surface area contributed by atoms with Crippen LogP contribution in [0.3, 0.4) is 0 Å². The summed E-state index contributed by atoms with van der Waals surface area (Å²) in [5.74, 6) is -0.354. The Hall–Kier alpha value is -0.940. The molecule has 1 aromatic carbocycles. The van der Waals surface area contributed by atoms with Gasteiger partial charge in [-0.25, -0.2) is 4.39 Å². The summed E-state index contributed by atoms with van der Waals surface area (Å²) in [6.45, 7) is 5.62. The van der Waals surface area contributed by atoms with Gasteiger partial charge in [-0.05, 0) is 72.9 Å². The van der Waals surface area contributed by atoms with Crippen molar-refractivity contribution in [2.75, 3.05) is 18.4 Å². The highest BCUT2D eigenvalue weighted by Gasteiger charge is 2.37. The number of nitrogens with one attached hydrogen (secondary N) is 2. The molecule has 0 aromatic heterocycles. The molecule has 0 unspecified atom stereocenters. The van der Waals surface area contributed by atoms with Gasteiger partial charge in [0, 0.05) is 5.69 Å². The third-order valence-electron chi connectivity index (χ3n) is 4.23. The minimum atomic E-state index is -0.359. The highest BCUT2D eigenvalue weighted by molar-refractivity contribution is 9.10. The molecule has 1 aromatic rings. The van der Waals surface area contributed by atoms with Gasteiger partial charge < -0.3 is 10.6 Å². The van der Waals surface area contributed by atoms with Gasteiger partial charge in [0.05, 0.1) is 9.89 Å². The lowest BCUT2D eigenvalue weighted by Crippen LogP contribution is -2.44. The van der Waals surface area contributed by atoms with E-state index in [1.165, 1.54) is 6.07 Å². The summed E-state index contributed by atoms with van der Waals surface area (Å²) in [6.07, 6.45) is 2.46. The summed E-state index contributed by atoms with van der Waals surface area (Å²) in [5, 5.41) is 6.19. The summed E-state index contributed by atoms with van der Waals surface area (Å²) < 4.78 is 14.0. The number of amides is 1. The third kappa shape index (κ3) is 3.04. The van der Waals surface area contributed by atoms with E-state index in [0.29, 0.717) is 10.2 Å². The van der Waals surface area contributed by atoms with Gasteiger partial charge in [0.1, 0.15) is 5.82 Å². The first kappa shape index (κ1) is 15.4. The molecule has 1 heterocycles. The number of hydrogen-bond acceptors (Lipinski definition) is 2. The molecule has 110 valence electrons. The van der Waals surface area contributed by atoms with Crippen LogP contribution in [0, 0.1) is 18.2 Å². The van der Waals surface area contributed by atoms with Crippen molar-refractivity contribution in [2.24, 2.45) is 5.41 Å². The first-order chi connectivity index (χ1) is 9.48. The lowest BCUT2D eigenvalue weighted by atomic mass is 9.76. The van der Waals surface area contributed by atoms with Crippen LogP contribution in [0.4, 0.5) is 10.1 Å². The minimum absolute atomic E-state index is 0.00585. The Bertz CT molecular complexity index is 513. The smallest absolute Gasteiger partial charge is 0.230 e. The number of benzene rings is 1. The fourth-order valence-corrected chi connectivity index (χ4v) is 3.14. The van der Waals surface area contributed by atoms with E-state index in [1.807, 2.05) is 13.8 Å². The quantitative estimate of drug-likeness (QED) is 0.880. The Morgan fingerprint density at radius 2 is 2.10 bits per heavy atom. The number of carbonyl (C=O) groups excluding carboxylic acids is 1. The molecule has 0 saturated carbocycles. The molecule has 1 aliphatic heterocycles. The van der Waals surface area contributed by atoms with Gasteiger partial charge in [0.15, 0.2) is 0 Å². The number of piperidine rings is 1. The molecular formula is C15H20BrFN2O. The Kier molecular flexibility index (Phi) is 4.81. The van der Waals surface area contributed by atoms with Gasteiger partial charge in [-0.1, -0.05) is 6.92 Å². The van der Waals surface area contributed by atoms with Crippen LogP contribution in [0.25, 0.3) is 0 Å². The highest BCUT2D eigenvalue weighted by atomic mass is 79.9. The van der Waals surface area contributed by atoms with Crippen LogP contribution in [0.15, 0.2) is 16.6 Å². The predicted molar refractivity (Wildman–Crippen MR) is 82.3 cm³/mol. The number of rotatable bonds is 3. The van der Waals surface area contributed by atoms with Crippen molar-refractivity contribution >= 4 is 27.5 Å². The predicted octanol–water partition coefficient (Wildman–Crippen LogP) is 3.61. The average molecular weight is 343 g/mol. The second-order valence-corrected chi connectivity index (χ2v) is 6.27. The van der Waals surface area contributed by atoms with Gasteiger partial charge in [-0.3, -0.25) is 4.79 Å². The van der Waals surface area contributed by atoms with Crippen LogP contribution in [-0.4, -0.2) is 19.0 Å². The molecule has 3 nitrogen and oxygen atoms in total. The van der Waals surface area contributed by atoms with E-state index in [9.17, 15) is 9.18 Å². The number of anilines is 1. The Morgan fingerprint density at radius 3 is 2.70 bits per heavy atom. The van der Waals surface area contributed by atoms with Crippen molar-refractivity contribution in [3.05, 3.63) is 28.0 Å². The summed E-state index contributed by atoms with van der Waals surface area (Å²) >= 11 is 3.15. The molecule has 0 spiro atoms. The Labute approximate surface area is 127 Å². The van der Waals surface area contributed by atoms with Crippen LogP contribution >= 0.6 is 15.9 Å². The topological polar surface area (TPSA) is 41.1 Å². The third-order valence-corrected chi connectivity index (χ3v) is 4.84. The largest absolute Gasteiger partial charge is 0.325 e.